The SMILES string of the molecule is O=C(NCc1ccccc1F)C1(c2c[nH]c3ccc(F)cc23)CC1. The van der Waals surface area contributed by atoms with Crippen molar-refractivity contribution >= 4 is 16.8 Å². The molecule has 3 nitrogen and oxygen atoms in total. The number of aromatic amines is 1. The maximum atomic E-state index is 13.7. The molecule has 0 unspecified atom stereocenters. The number of halogens is 2. The van der Waals surface area contributed by atoms with E-state index in [2.05, 4.69) is 10.3 Å². The zero-order valence-corrected chi connectivity index (χ0v) is 12.9. The van der Waals surface area contributed by atoms with E-state index in [1.165, 1.54) is 18.2 Å². The van der Waals surface area contributed by atoms with Crippen molar-refractivity contribution < 1.29 is 13.6 Å². The van der Waals surface area contributed by atoms with E-state index >= 15 is 0 Å². The summed E-state index contributed by atoms with van der Waals surface area (Å²) in [5, 5.41) is 3.55. The molecule has 1 saturated carbocycles. The Morgan fingerprint density at radius 1 is 1.17 bits per heavy atom. The molecule has 4 rings (SSSR count). The molecule has 5 heteroatoms. The van der Waals surface area contributed by atoms with Gasteiger partial charge < -0.3 is 10.3 Å². The summed E-state index contributed by atoms with van der Waals surface area (Å²) in [4.78, 5) is 15.8. The lowest BCUT2D eigenvalue weighted by molar-refractivity contribution is -0.123. The van der Waals surface area contributed by atoms with Gasteiger partial charge in [-0.3, -0.25) is 4.79 Å². The van der Waals surface area contributed by atoms with Gasteiger partial charge in [-0.2, -0.15) is 0 Å². The molecule has 1 aliphatic carbocycles. The summed E-state index contributed by atoms with van der Waals surface area (Å²) in [6.45, 7) is 0.143. The van der Waals surface area contributed by atoms with Gasteiger partial charge in [-0.1, -0.05) is 18.2 Å². The van der Waals surface area contributed by atoms with Gasteiger partial charge in [0.15, 0.2) is 0 Å². The van der Waals surface area contributed by atoms with E-state index in [0.29, 0.717) is 18.4 Å². The maximum Gasteiger partial charge on any atom is 0.231 e. The van der Waals surface area contributed by atoms with Crippen molar-refractivity contribution in [2.24, 2.45) is 0 Å². The Kier molecular flexibility index (Phi) is 3.37. The average Bonchev–Trinajstić information content (AvgIpc) is 3.28. The van der Waals surface area contributed by atoms with Crippen LogP contribution in [0.4, 0.5) is 8.78 Å². The molecule has 1 fully saturated rings. The van der Waals surface area contributed by atoms with Crippen LogP contribution in [0.2, 0.25) is 0 Å². The molecule has 0 radical (unpaired) electrons. The highest BCUT2D eigenvalue weighted by Gasteiger charge is 2.52. The third-order valence-corrected chi connectivity index (χ3v) is 4.74. The molecule has 1 aliphatic rings. The van der Waals surface area contributed by atoms with E-state index in [1.807, 2.05) is 0 Å². The van der Waals surface area contributed by atoms with Crippen molar-refractivity contribution in [1.82, 2.24) is 10.3 Å². The van der Waals surface area contributed by atoms with E-state index in [9.17, 15) is 13.6 Å². The summed E-state index contributed by atoms with van der Waals surface area (Å²) in [7, 11) is 0. The molecule has 2 N–H and O–H groups in total. The number of carbonyl (C=O) groups excluding carboxylic acids is 1. The monoisotopic (exact) mass is 326 g/mol. The van der Waals surface area contributed by atoms with Gasteiger partial charge in [0.2, 0.25) is 5.91 Å². The summed E-state index contributed by atoms with van der Waals surface area (Å²) < 4.78 is 27.2. The van der Waals surface area contributed by atoms with Crippen molar-refractivity contribution in [2.75, 3.05) is 0 Å². The molecule has 0 bridgehead atoms. The summed E-state index contributed by atoms with van der Waals surface area (Å²) in [5.74, 6) is -0.807. The van der Waals surface area contributed by atoms with Gasteiger partial charge in [0.25, 0.3) is 0 Å². The number of H-pyrrole nitrogens is 1. The van der Waals surface area contributed by atoms with Crippen LogP contribution in [-0.2, 0) is 16.8 Å². The predicted octanol–water partition coefficient (Wildman–Crippen LogP) is 3.79. The predicted molar refractivity (Wildman–Crippen MR) is 87.4 cm³/mol. The van der Waals surface area contributed by atoms with Gasteiger partial charge in [0.05, 0.1) is 5.41 Å². The third-order valence-electron chi connectivity index (χ3n) is 4.74. The van der Waals surface area contributed by atoms with Gasteiger partial charge in [-0.05, 0) is 42.7 Å². The zero-order valence-electron chi connectivity index (χ0n) is 12.9. The van der Waals surface area contributed by atoms with Crippen molar-refractivity contribution in [3.05, 3.63) is 71.4 Å². The lowest BCUT2D eigenvalue weighted by atomic mass is 9.94. The minimum Gasteiger partial charge on any atom is -0.361 e. The Labute approximate surface area is 137 Å². The fourth-order valence-corrected chi connectivity index (χ4v) is 3.22. The minimum atomic E-state index is -0.642. The Morgan fingerprint density at radius 2 is 1.96 bits per heavy atom. The lowest BCUT2D eigenvalue weighted by Gasteiger charge is -2.15. The number of aromatic nitrogens is 1. The Balaban J connectivity index is 1.59. The van der Waals surface area contributed by atoms with Gasteiger partial charge in [-0.15, -0.1) is 0 Å². The molecule has 0 spiro atoms. The molecule has 0 saturated heterocycles. The number of rotatable bonds is 4. The van der Waals surface area contributed by atoms with E-state index < -0.39 is 5.41 Å². The molecule has 0 aliphatic heterocycles. The van der Waals surface area contributed by atoms with Crippen molar-refractivity contribution in [3.8, 4) is 0 Å². The number of amides is 1. The first-order valence-electron chi connectivity index (χ1n) is 7.89. The number of benzene rings is 2. The molecule has 2 aromatic carbocycles. The molecular formula is C19H16F2N2O. The van der Waals surface area contributed by atoms with Crippen LogP contribution in [0.1, 0.15) is 24.0 Å². The smallest absolute Gasteiger partial charge is 0.231 e. The van der Waals surface area contributed by atoms with Gasteiger partial charge in [0, 0.05) is 29.2 Å². The fraction of sp³-hybridized carbons (Fsp3) is 0.211. The van der Waals surface area contributed by atoms with Gasteiger partial charge >= 0.3 is 0 Å². The molecule has 1 aromatic heterocycles. The van der Waals surface area contributed by atoms with Crippen LogP contribution in [0.5, 0.6) is 0 Å². The number of hydrogen-bond acceptors (Lipinski definition) is 1. The maximum absolute atomic E-state index is 13.7. The second-order valence-electron chi connectivity index (χ2n) is 6.25. The average molecular weight is 326 g/mol. The first-order valence-corrected chi connectivity index (χ1v) is 7.89. The second-order valence-corrected chi connectivity index (χ2v) is 6.25. The first kappa shape index (κ1) is 14.9. The van der Waals surface area contributed by atoms with Crippen LogP contribution in [0.3, 0.4) is 0 Å². The van der Waals surface area contributed by atoms with Crippen LogP contribution in [0.15, 0.2) is 48.7 Å². The van der Waals surface area contributed by atoms with Crippen molar-refractivity contribution in [3.63, 3.8) is 0 Å². The fourth-order valence-electron chi connectivity index (χ4n) is 3.22. The van der Waals surface area contributed by atoms with Crippen molar-refractivity contribution in [2.45, 2.75) is 24.8 Å². The van der Waals surface area contributed by atoms with Crippen LogP contribution < -0.4 is 5.32 Å². The van der Waals surface area contributed by atoms with Gasteiger partial charge in [-0.25, -0.2) is 8.78 Å². The molecular weight excluding hydrogens is 310 g/mol. The Hall–Kier alpha value is -2.69. The highest BCUT2D eigenvalue weighted by Crippen LogP contribution is 2.50. The minimum absolute atomic E-state index is 0.143. The molecule has 1 heterocycles. The highest BCUT2D eigenvalue weighted by atomic mass is 19.1. The Bertz CT molecular complexity index is 928. The topological polar surface area (TPSA) is 44.9 Å². The van der Waals surface area contributed by atoms with E-state index in [1.54, 1.807) is 30.5 Å². The van der Waals surface area contributed by atoms with Crippen LogP contribution in [0, 0.1) is 11.6 Å². The third kappa shape index (κ3) is 2.37. The Morgan fingerprint density at radius 3 is 2.71 bits per heavy atom. The van der Waals surface area contributed by atoms with E-state index in [0.717, 1.165) is 16.5 Å². The normalized spacial score (nSPS) is 15.4. The molecule has 24 heavy (non-hydrogen) atoms. The quantitative estimate of drug-likeness (QED) is 0.753. The van der Waals surface area contributed by atoms with Crippen LogP contribution in [0.25, 0.3) is 10.9 Å². The number of carbonyl (C=O) groups is 1. The number of fused-ring (bicyclic) bond motifs is 1. The standard InChI is InChI=1S/C19H16F2N2O/c20-13-5-6-17-14(9-13)15(11-22-17)19(7-8-19)18(24)23-10-12-3-1-2-4-16(12)21/h1-6,9,11,22H,7-8,10H2,(H,23,24). The number of hydrogen-bond donors (Lipinski definition) is 2. The summed E-state index contributed by atoms with van der Waals surface area (Å²) in [6.07, 6.45) is 3.19. The van der Waals surface area contributed by atoms with Gasteiger partial charge in [0.1, 0.15) is 11.6 Å². The first-order chi connectivity index (χ1) is 11.6. The summed E-state index contributed by atoms with van der Waals surface area (Å²) in [5.41, 5.74) is 1.42. The second kappa shape index (κ2) is 5.44. The van der Waals surface area contributed by atoms with E-state index in [4.69, 9.17) is 0 Å². The van der Waals surface area contributed by atoms with Crippen molar-refractivity contribution in [1.29, 1.82) is 0 Å². The van der Waals surface area contributed by atoms with Crippen LogP contribution in [-0.4, -0.2) is 10.9 Å². The summed E-state index contributed by atoms with van der Waals surface area (Å²) >= 11 is 0. The molecule has 3 aromatic rings. The summed E-state index contributed by atoms with van der Waals surface area (Å²) in [6, 6.07) is 10.9. The molecule has 0 atom stereocenters. The van der Waals surface area contributed by atoms with E-state index in [-0.39, 0.29) is 24.1 Å². The molecule has 122 valence electrons. The number of nitrogens with one attached hydrogen (secondary N) is 2. The zero-order chi connectivity index (χ0) is 16.7. The van der Waals surface area contributed by atoms with Crippen LogP contribution >= 0.6 is 0 Å². The largest absolute Gasteiger partial charge is 0.361 e. The highest BCUT2D eigenvalue weighted by molar-refractivity contribution is 5.97. The lowest BCUT2D eigenvalue weighted by Crippen LogP contribution is -2.34. The molecule has 1 amide bonds.